The molecule has 0 radical (unpaired) electrons. The van der Waals surface area contributed by atoms with Gasteiger partial charge in [0.05, 0.1) is 0 Å². The van der Waals surface area contributed by atoms with Crippen LogP contribution in [0.15, 0.2) is 78.9 Å². The maximum Gasteiger partial charge on any atom is 0.221 e. The number of allylic oxidation sites excluding steroid dienone is 2. The summed E-state index contributed by atoms with van der Waals surface area (Å²) in [5.41, 5.74) is 8.52. The van der Waals surface area contributed by atoms with Gasteiger partial charge in [0.15, 0.2) is 0 Å². The number of amides is 1. The molecule has 0 aromatic heterocycles. The molecule has 2 nitrogen and oxygen atoms in total. The van der Waals surface area contributed by atoms with Gasteiger partial charge in [0.25, 0.3) is 0 Å². The van der Waals surface area contributed by atoms with Gasteiger partial charge in [-0.05, 0) is 16.7 Å². The van der Waals surface area contributed by atoms with Crippen LogP contribution in [-0.2, 0) is 4.79 Å². The molecule has 2 heteroatoms. The highest BCUT2D eigenvalue weighted by Crippen LogP contribution is 2.23. The lowest BCUT2D eigenvalue weighted by molar-refractivity contribution is -0.117. The molecule has 0 fully saturated rings. The van der Waals surface area contributed by atoms with Gasteiger partial charge in [-0.3, -0.25) is 4.79 Å². The molecule has 0 saturated heterocycles. The smallest absolute Gasteiger partial charge is 0.221 e. The van der Waals surface area contributed by atoms with E-state index in [1.807, 2.05) is 48.6 Å². The lowest BCUT2D eigenvalue weighted by atomic mass is 9.97. The maximum absolute atomic E-state index is 10.7. The van der Waals surface area contributed by atoms with E-state index in [1.54, 1.807) is 6.08 Å². The fraction of sp³-hybridized carbons (Fsp3) is 0.0556. The summed E-state index contributed by atoms with van der Waals surface area (Å²) < 4.78 is 0. The van der Waals surface area contributed by atoms with Crippen molar-refractivity contribution in [3.63, 3.8) is 0 Å². The highest BCUT2D eigenvalue weighted by Gasteiger charge is 2.02. The minimum absolute atomic E-state index is 0.257. The van der Waals surface area contributed by atoms with E-state index >= 15 is 0 Å². The Hall–Kier alpha value is -2.61. The molecule has 0 saturated carbocycles. The standard InChI is InChI=1S/C18H17NO/c19-18(20)14-8-7-13-17(15-9-3-1-4-10-15)16-11-5-2-6-12-16/h1-13H,14H2,(H2,19,20)/b8-7+. The SMILES string of the molecule is NC(=O)C/C=C/C=C(c1ccccc1)c1ccccc1. The van der Waals surface area contributed by atoms with Crippen molar-refractivity contribution in [2.45, 2.75) is 6.42 Å². The Morgan fingerprint density at radius 3 is 1.85 bits per heavy atom. The molecular weight excluding hydrogens is 246 g/mol. The number of hydrogen-bond acceptors (Lipinski definition) is 1. The summed E-state index contributed by atoms with van der Waals surface area (Å²) in [6.07, 6.45) is 5.91. The van der Waals surface area contributed by atoms with Crippen molar-refractivity contribution in [1.82, 2.24) is 0 Å². The van der Waals surface area contributed by atoms with Crippen LogP contribution in [0.4, 0.5) is 0 Å². The lowest BCUT2D eigenvalue weighted by Crippen LogP contribution is -2.07. The number of carbonyl (C=O) groups excluding carboxylic acids is 1. The van der Waals surface area contributed by atoms with Crippen LogP contribution in [0.1, 0.15) is 17.5 Å². The molecule has 20 heavy (non-hydrogen) atoms. The summed E-state index contributed by atoms with van der Waals surface area (Å²) in [6, 6.07) is 20.3. The van der Waals surface area contributed by atoms with Crippen molar-refractivity contribution >= 4 is 11.5 Å². The first-order valence-corrected chi connectivity index (χ1v) is 6.53. The van der Waals surface area contributed by atoms with Gasteiger partial charge in [-0.1, -0.05) is 78.9 Å². The Labute approximate surface area is 119 Å². The predicted molar refractivity (Wildman–Crippen MR) is 82.9 cm³/mol. The summed E-state index contributed by atoms with van der Waals surface area (Å²) in [4.78, 5) is 10.7. The van der Waals surface area contributed by atoms with Crippen LogP contribution < -0.4 is 5.73 Å². The molecule has 0 unspecified atom stereocenters. The molecule has 0 atom stereocenters. The molecule has 2 N–H and O–H groups in total. The average molecular weight is 263 g/mol. The first-order valence-electron chi connectivity index (χ1n) is 6.53. The van der Waals surface area contributed by atoms with E-state index in [1.165, 1.54) is 0 Å². The van der Waals surface area contributed by atoms with E-state index in [-0.39, 0.29) is 12.3 Å². The zero-order valence-electron chi connectivity index (χ0n) is 11.2. The van der Waals surface area contributed by atoms with Gasteiger partial charge in [0.2, 0.25) is 5.91 Å². The summed E-state index contributed by atoms with van der Waals surface area (Å²) in [5.74, 6) is -0.323. The Balaban J connectivity index is 2.33. The highest BCUT2D eigenvalue weighted by atomic mass is 16.1. The van der Waals surface area contributed by atoms with Gasteiger partial charge in [-0.15, -0.1) is 0 Å². The van der Waals surface area contributed by atoms with Crippen LogP contribution in [0.25, 0.3) is 5.57 Å². The molecule has 0 aliphatic heterocycles. The quantitative estimate of drug-likeness (QED) is 0.824. The molecule has 2 aromatic rings. The number of rotatable bonds is 5. The van der Waals surface area contributed by atoms with Gasteiger partial charge >= 0.3 is 0 Å². The largest absolute Gasteiger partial charge is 0.369 e. The fourth-order valence-electron chi connectivity index (χ4n) is 1.94. The normalized spacial score (nSPS) is 10.4. The molecule has 0 aliphatic carbocycles. The van der Waals surface area contributed by atoms with Gasteiger partial charge in [0.1, 0.15) is 0 Å². The van der Waals surface area contributed by atoms with E-state index in [0.717, 1.165) is 16.7 Å². The molecule has 0 heterocycles. The van der Waals surface area contributed by atoms with Crippen molar-refractivity contribution in [1.29, 1.82) is 0 Å². The molecular formula is C18H17NO. The van der Waals surface area contributed by atoms with Crippen molar-refractivity contribution in [3.05, 3.63) is 90.0 Å². The monoisotopic (exact) mass is 263 g/mol. The Morgan fingerprint density at radius 2 is 1.40 bits per heavy atom. The maximum atomic E-state index is 10.7. The summed E-state index contributed by atoms with van der Waals surface area (Å²) in [5, 5.41) is 0. The summed E-state index contributed by atoms with van der Waals surface area (Å²) in [7, 11) is 0. The topological polar surface area (TPSA) is 43.1 Å². The van der Waals surface area contributed by atoms with Crippen molar-refractivity contribution in [3.8, 4) is 0 Å². The number of benzene rings is 2. The molecule has 2 aromatic carbocycles. The molecule has 0 bridgehead atoms. The van der Waals surface area contributed by atoms with Crippen molar-refractivity contribution < 1.29 is 4.79 Å². The van der Waals surface area contributed by atoms with E-state index in [2.05, 4.69) is 24.3 Å². The third-order valence-corrected chi connectivity index (χ3v) is 2.89. The lowest BCUT2D eigenvalue weighted by Gasteiger charge is -2.07. The van der Waals surface area contributed by atoms with E-state index in [9.17, 15) is 4.79 Å². The Bertz CT molecular complexity index is 571. The van der Waals surface area contributed by atoms with E-state index < -0.39 is 0 Å². The van der Waals surface area contributed by atoms with Gasteiger partial charge in [-0.25, -0.2) is 0 Å². The second-order valence-corrected chi connectivity index (χ2v) is 4.41. The van der Waals surface area contributed by atoms with Crippen molar-refractivity contribution in [2.24, 2.45) is 5.73 Å². The zero-order valence-corrected chi connectivity index (χ0v) is 11.2. The van der Waals surface area contributed by atoms with Crippen LogP contribution in [0.5, 0.6) is 0 Å². The molecule has 0 spiro atoms. The van der Waals surface area contributed by atoms with Crippen molar-refractivity contribution in [2.75, 3.05) is 0 Å². The minimum atomic E-state index is -0.323. The van der Waals surface area contributed by atoms with Crippen LogP contribution in [-0.4, -0.2) is 5.91 Å². The van der Waals surface area contributed by atoms with Gasteiger partial charge in [0, 0.05) is 6.42 Å². The first-order chi connectivity index (χ1) is 9.77. The average Bonchev–Trinajstić information content (AvgIpc) is 2.49. The van der Waals surface area contributed by atoms with Crippen LogP contribution in [0.3, 0.4) is 0 Å². The van der Waals surface area contributed by atoms with Crippen LogP contribution in [0.2, 0.25) is 0 Å². The minimum Gasteiger partial charge on any atom is -0.369 e. The zero-order chi connectivity index (χ0) is 14.2. The van der Waals surface area contributed by atoms with E-state index in [0.29, 0.717) is 0 Å². The summed E-state index contributed by atoms with van der Waals surface area (Å²) in [6.45, 7) is 0. The molecule has 0 aliphatic rings. The Kier molecular flexibility index (Phi) is 4.90. The van der Waals surface area contributed by atoms with Gasteiger partial charge in [-0.2, -0.15) is 0 Å². The molecule has 1 amide bonds. The van der Waals surface area contributed by atoms with E-state index in [4.69, 9.17) is 5.73 Å². The second kappa shape index (κ2) is 7.10. The second-order valence-electron chi connectivity index (χ2n) is 4.41. The predicted octanol–water partition coefficient (Wildman–Crippen LogP) is 3.55. The number of hydrogen-bond donors (Lipinski definition) is 1. The molecule has 100 valence electrons. The number of carbonyl (C=O) groups is 1. The van der Waals surface area contributed by atoms with Crippen LogP contribution >= 0.6 is 0 Å². The summed E-state index contributed by atoms with van der Waals surface area (Å²) >= 11 is 0. The first kappa shape index (κ1) is 13.8. The fourth-order valence-corrected chi connectivity index (χ4v) is 1.94. The number of nitrogens with two attached hydrogens (primary N) is 1. The third-order valence-electron chi connectivity index (χ3n) is 2.89. The number of primary amides is 1. The highest BCUT2D eigenvalue weighted by molar-refractivity contribution is 5.81. The van der Waals surface area contributed by atoms with Gasteiger partial charge < -0.3 is 5.73 Å². The third kappa shape index (κ3) is 3.95. The van der Waals surface area contributed by atoms with Crippen LogP contribution in [0, 0.1) is 0 Å². The molecule has 2 rings (SSSR count). The Morgan fingerprint density at radius 1 is 0.900 bits per heavy atom.